The number of non-ortho nitro benzene ring substituents is 1. The molecule has 0 bridgehead atoms. The molecule has 3 aromatic rings. The summed E-state index contributed by atoms with van der Waals surface area (Å²) in [5, 5.41) is 15.0. The molecule has 14 heteroatoms. The number of carbonyl (C=O) groups excluding carboxylic acids is 2. The van der Waals surface area contributed by atoms with Crippen molar-refractivity contribution in [3.63, 3.8) is 0 Å². The van der Waals surface area contributed by atoms with E-state index in [1.165, 1.54) is 56.2 Å². The van der Waals surface area contributed by atoms with E-state index in [0.717, 1.165) is 16.2 Å². The summed E-state index contributed by atoms with van der Waals surface area (Å²) < 4.78 is 43.5. The molecular formula is C24H24F3N5O5S. The lowest BCUT2D eigenvalue weighted by Crippen LogP contribution is -2.50. The lowest BCUT2D eigenvalue weighted by atomic mass is 10.0. The number of thiazole rings is 1. The van der Waals surface area contributed by atoms with E-state index in [2.05, 4.69) is 15.3 Å². The van der Waals surface area contributed by atoms with Gasteiger partial charge in [0.05, 0.1) is 30.2 Å². The van der Waals surface area contributed by atoms with Crippen LogP contribution in [0.5, 0.6) is 0 Å². The number of nitro groups is 1. The molecule has 0 saturated heterocycles. The highest BCUT2D eigenvalue weighted by Crippen LogP contribution is 2.27. The number of nitro benzene ring substituents is 1. The van der Waals surface area contributed by atoms with Crippen molar-refractivity contribution in [2.45, 2.75) is 37.5 Å². The Morgan fingerprint density at radius 2 is 1.76 bits per heavy atom. The van der Waals surface area contributed by atoms with Crippen molar-refractivity contribution in [1.82, 2.24) is 20.2 Å². The molecule has 10 nitrogen and oxygen atoms in total. The molecule has 1 N–H and O–H groups in total. The number of amides is 2. The fraction of sp³-hybridized carbons (Fsp3) is 0.333. The summed E-state index contributed by atoms with van der Waals surface area (Å²) in [7, 11) is 2.57. The number of aromatic nitrogens is 2. The Morgan fingerprint density at radius 1 is 1.13 bits per heavy atom. The Labute approximate surface area is 219 Å². The van der Waals surface area contributed by atoms with Crippen LogP contribution in [0.1, 0.15) is 27.9 Å². The maximum Gasteiger partial charge on any atom is 0.409 e. The van der Waals surface area contributed by atoms with E-state index < -0.39 is 41.6 Å². The second kappa shape index (κ2) is 12.4. The molecule has 3 rings (SSSR count). The number of alkyl halides is 3. The Bertz CT molecular complexity index is 1250. The number of rotatable bonds is 10. The number of hydrogen-bond donors (Lipinski definition) is 1. The topological polar surface area (TPSA) is 128 Å². The number of ether oxygens (including phenoxy) is 1. The normalized spacial score (nSPS) is 12.9. The fourth-order valence-electron chi connectivity index (χ4n) is 3.64. The summed E-state index contributed by atoms with van der Waals surface area (Å²) in [6.07, 6.45) is -3.15. The van der Waals surface area contributed by atoms with Gasteiger partial charge in [0.15, 0.2) is 0 Å². The maximum absolute atomic E-state index is 13.5. The van der Waals surface area contributed by atoms with Gasteiger partial charge in [-0.2, -0.15) is 13.2 Å². The molecule has 2 aromatic heterocycles. The second-order valence-corrected chi connectivity index (χ2v) is 9.25. The Morgan fingerprint density at radius 3 is 2.34 bits per heavy atom. The predicted molar refractivity (Wildman–Crippen MR) is 131 cm³/mol. The lowest BCUT2D eigenvalue weighted by molar-refractivity contribution is -0.384. The van der Waals surface area contributed by atoms with E-state index in [9.17, 15) is 32.9 Å². The molecule has 0 aliphatic heterocycles. The van der Waals surface area contributed by atoms with Crippen LogP contribution in [0.4, 0.5) is 23.7 Å². The number of benzene rings is 1. The van der Waals surface area contributed by atoms with Crippen LogP contribution in [0.3, 0.4) is 0 Å². The number of halogens is 3. The van der Waals surface area contributed by atoms with Gasteiger partial charge in [0.25, 0.3) is 5.69 Å². The monoisotopic (exact) mass is 551 g/mol. The maximum atomic E-state index is 13.5. The smallest absolute Gasteiger partial charge is 0.409 e. The van der Waals surface area contributed by atoms with Crippen molar-refractivity contribution in [3.8, 4) is 0 Å². The molecule has 0 fully saturated rings. The van der Waals surface area contributed by atoms with Gasteiger partial charge < -0.3 is 10.1 Å². The summed E-state index contributed by atoms with van der Waals surface area (Å²) in [6.45, 7) is 0. The summed E-state index contributed by atoms with van der Waals surface area (Å²) in [5.74, 6) is -0.591. The third kappa shape index (κ3) is 7.96. The molecule has 0 unspecified atom stereocenters. The second-order valence-electron chi connectivity index (χ2n) is 8.30. The van der Waals surface area contributed by atoms with Gasteiger partial charge in [-0.3, -0.25) is 24.8 Å². The van der Waals surface area contributed by atoms with Crippen LogP contribution < -0.4 is 5.32 Å². The van der Waals surface area contributed by atoms with Crippen LogP contribution in [-0.4, -0.2) is 58.2 Å². The van der Waals surface area contributed by atoms with Gasteiger partial charge in [-0.1, -0.05) is 12.1 Å². The highest BCUT2D eigenvalue weighted by molar-refractivity contribution is 7.09. The van der Waals surface area contributed by atoms with Crippen LogP contribution in [0, 0.1) is 10.1 Å². The van der Waals surface area contributed by atoms with Gasteiger partial charge in [0.1, 0.15) is 11.0 Å². The number of nitrogens with zero attached hydrogens (tertiary/aromatic N) is 4. The third-order valence-electron chi connectivity index (χ3n) is 5.59. The Balaban J connectivity index is 1.91. The van der Waals surface area contributed by atoms with Gasteiger partial charge in [-0.25, -0.2) is 9.78 Å². The molecule has 1 aromatic carbocycles. The molecule has 0 radical (unpaired) electrons. The third-order valence-corrected chi connectivity index (χ3v) is 6.46. The van der Waals surface area contributed by atoms with E-state index >= 15 is 0 Å². The minimum absolute atomic E-state index is 0.0862. The van der Waals surface area contributed by atoms with E-state index in [1.54, 1.807) is 12.1 Å². The first kappa shape index (κ1) is 28.5. The van der Waals surface area contributed by atoms with Crippen LogP contribution in [-0.2, 0) is 28.8 Å². The highest BCUT2D eigenvalue weighted by Gasteiger charge is 2.32. The summed E-state index contributed by atoms with van der Waals surface area (Å²) in [4.78, 5) is 45.3. The first-order chi connectivity index (χ1) is 18.0. The molecule has 0 spiro atoms. The van der Waals surface area contributed by atoms with Gasteiger partial charge in [0.2, 0.25) is 5.91 Å². The van der Waals surface area contributed by atoms with Crippen molar-refractivity contribution >= 4 is 29.0 Å². The number of hydrogen-bond acceptors (Lipinski definition) is 8. The fourth-order valence-corrected chi connectivity index (χ4v) is 4.52. The molecule has 0 aliphatic carbocycles. The molecule has 202 valence electrons. The first-order valence-electron chi connectivity index (χ1n) is 11.2. The van der Waals surface area contributed by atoms with Gasteiger partial charge >= 0.3 is 12.3 Å². The zero-order valence-corrected chi connectivity index (χ0v) is 21.2. The first-order valence-corrected chi connectivity index (χ1v) is 12.1. The van der Waals surface area contributed by atoms with E-state index in [0.29, 0.717) is 11.1 Å². The molecule has 2 atom stereocenters. The predicted octanol–water partition coefficient (Wildman–Crippen LogP) is 4.26. The van der Waals surface area contributed by atoms with Gasteiger partial charge in [-0.15, -0.1) is 11.3 Å². The van der Waals surface area contributed by atoms with Crippen molar-refractivity contribution in [2.24, 2.45) is 0 Å². The number of methoxy groups -OCH3 is 1. The number of pyridine rings is 1. The minimum Gasteiger partial charge on any atom is -0.453 e. The van der Waals surface area contributed by atoms with Crippen LogP contribution in [0.2, 0.25) is 0 Å². The standard InChI is InChI=1S/C24H24F3N5O5S/c1-31(23(34)37-2)20(12-16-7-9-28-10-8-16)22(33)30-18(11-15-3-5-17(6-4-15)32(35)36)19-14-38-21(29-19)13-24(25,26)27/h3-10,14,18,20H,11-13H2,1-2H3,(H,30,33)/t18-,20-/m0/s1. The zero-order chi connectivity index (χ0) is 27.9. The molecule has 38 heavy (non-hydrogen) atoms. The molecule has 0 saturated carbocycles. The van der Waals surface area contributed by atoms with Gasteiger partial charge in [0, 0.05) is 43.4 Å². The van der Waals surface area contributed by atoms with Crippen molar-refractivity contribution < 1.29 is 32.4 Å². The van der Waals surface area contributed by atoms with E-state index in [1.807, 2.05) is 0 Å². The zero-order valence-electron chi connectivity index (χ0n) is 20.3. The summed E-state index contributed by atoms with van der Waals surface area (Å²) >= 11 is 0.811. The number of carbonyl (C=O) groups is 2. The minimum atomic E-state index is -4.45. The SMILES string of the molecule is COC(=O)N(C)[C@@H](Cc1ccncc1)C(=O)N[C@@H](Cc1ccc([N+](=O)[O-])cc1)c1csc(CC(F)(F)F)n1. The van der Waals surface area contributed by atoms with E-state index in [-0.39, 0.29) is 29.2 Å². The van der Waals surface area contributed by atoms with Crippen LogP contribution >= 0.6 is 11.3 Å². The molecule has 2 heterocycles. The summed E-state index contributed by atoms with van der Waals surface area (Å²) in [5.41, 5.74) is 1.36. The Hall–Kier alpha value is -4.07. The largest absolute Gasteiger partial charge is 0.453 e. The van der Waals surface area contributed by atoms with Crippen molar-refractivity contribution in [3.05, 3.63) is 86.1 Å². The Kier molecular flexibility index (Phi) is 9.34. The van der Waals surface area contributed by atoms with Crippen molar-refractivity contribution in [2.75, 3.05) is 14.2 Å². The molecular weight excluding hydrogens is 527 g/mol. The van der Waals surface area contributed by atoms with Crippen LogP contribution in [0.15, 0.2) is 54.2 Å². The average Bonchev–Trinajstić information content (AvgIpc) is 3.33. The molecule has 2 amide bonds. The lowest BCUT2D eigenvalue weighted by Gasteiger charge is -2.28. The van der Waals surface area contributed by atoms with E-state index in [4.69, 9.17) is 4.74 Å². The highest BCUT2D eigenvalue weighted by atomic mass is 32.1. The quantitative estimate of drug-likeness (QED) is 0.295. The van der Waals surface area contributed by atoms with Crippen molar-refractivity contribution in [1.29, 1.82) is 0 Å². The summed E-state index contributed by atoms with van der Waals surface area (Å²) in [6, 6.07) is 7.03. The number of likely N-dealkylation sites (N-methyl/N-ethyl adjacent to an activating group) is 1. The van der Waals surface area contributed by atoms with Gasteiger partial charge in [-0.05, 0) is 29.7 Å². The molecule has 0 aliphatic rings. The average molecular weight is 552 g/mol. The van der Waals surface area contributed by atoms with Crippen LogP contribution in [0.25, 0.3) is 0 Å². The number of nitrogens with one attached hydrogen (secondary N) is 1.